The van der Waals surface area contributed by atoms with Gasteiger partial charge in [-0.15, -0.1) is 0 Å². The Balaban J connectivity index is 4.41. The molecule has 5 nitrogen and oxygen atoms in total. The zero-order valence-electron chi connectivity index (χ0n) is 9.24. The Morgan fingerprint density at radius 1 is 1.47 bits per heavy atom. The molecule has 0 aliphatic carbocycles. The van der Waals surface area contributed by atoms with Crippen LogP contribution in [0, 0.1) is 0 Å². The quantitative estimate of drug-likeness (QED) is 0.225. The van der Waals surface area contributed by atoms with Gasteiger partial charge in [-0.05, 0) is 0 Å². The van der Waals surface area contributed by atoms with Crippen molar-refractivity contribution in [3.05, 3.63) is 23.9 Å². The molecule has 0 amide bonds. The predicted molar refractivity (Wildman–Crippen MR) is 55.3 cm³/mol. The summed E-state index contributed by atoms with van der Waals surface area (Å²) in [7, 11) is 1.45. The van der Waals surface area contributed by atoms with Crippen LogP contribution in [-0.2, 0) is 19.1 Å². The number of rotatable bonds is 8. The number of halogens is 2. The molecule has 0 aliphatic rings. The van der Waals surface area contributed by atoms with Gasteiger partial charge in [-0.2, -0.15) is 0 Å². The van der Waals surface area contributed by atoms with Gasteiger partial charge in [-0.25, -0.2) is 13.6 Å². The molecule has 0 aromatic heterocycles. The number of hydrogen-bond donors (Lipinski definition) is 1. The van der Waals surface area contributed by atoms with Gasteiger partial charge in [-0.3, -0.25) is 4.79 Å². The first-order valence-corrected chi connectivity index (χ1v) is 4.61. The topological polar surface area (TPSA) is 64.6 Å². The van der Waals surface area contributed by atoms with E-state index in [4.69, 9.17) is 0 Å². The molecule has 0 atom stereocenters. The molecular weight excluding hydrogens is 236 g/mol. The van der Waals surface area contributed by atoms with Crippen LogP contribution < -0.4 is 5.32 Å². The van der Waals surface area contributed by atoms with Gasteiger partial charge in [0.25, 0.3) is 12.9 Å². The van der Waals surface area contributed by atoms with E-state index in [-0.39, 0.29) is 25.3 Å². The Hall–Kier alpha value is -1.92. The Bertz CT molecular complexity index is 315. The maximum atomic E-state index is 12.4. The number of esters is 1. The molecule has 7 heteroatoms. The second kappa shape index (κ2) is 8.26. The van der Waals surface area contributed by atoms with Gasteiger partial charge in [-0.1, -0.05) is 6.58 Å². The Morgan fingerprint density at radius 2 is 2.12 bits per heavy atom. The Labute approximate surface area is 97.1 Å². The molecule has 0 saturated carbocycles. The van der Waals surface area contributed by atoms with Crippen molar-refractivity contribution >= 4 is 12.4 Å². The SMILES string of the molecule is C=C(/C(=C\NC)C(=O)OCCOC=O)C(F)F. The van der Waals surface area contributed by atoms with E-state index in [1.807, 2.05) is 0 Å². The van der Waals surface area contributed by atoms with E-state index in [1.54, 1.807) is 0 Å². The van der Waals surface area contributed by atoms with Crippen LogP contribution in [0.1, 0.15) is 0 Å². The summed E-state index contributed by atoms with van der Waals surface area (Å²) in [4.78, 5) is 21.2. The van der Waals surface area contributed by atoms with Crippen LogP contribution in [0.5, 0.6) is 0 Å². The van der Waals surface area contributed by atoms with Crippen LogP contribution in [0.4, 0.5) is 8.78 Å². The van der Waals surface area contributed by atoms with E-state index in [1.165, 1.54) is 7.05 Å². The van der Waals surface area contributed by atoms with Crippen molar-refractivity contribution in [1.82, 2.24) is 5.32 Å². The van der Waals surface area contributed by atoms with Crippen LogP contribution in [0.2, 0.25) is 0 Å². The van der Waals surface area contributed by atoms with Gasteiger partial charge in [0.1, 0.15) is 13.2 Å². The van der Waals surface area contributed by atoms with E-state index >= 15 is 0 Å². The molecule has 0 rings (SSSR count). The molecule has 17 heavy (non-hydrogen) atoms. The van der Waals surface area contributed by atoms with Crippen molar-refractivity contribution in [1.29, 1.82) is 0 Å². The first kappa shape index (κ1) is 15.1. The summed E-state index contributed by atoms with van der Waals surface area (Å²) >= 11 is 0. The Kier molecular flexibility index (Phi) is 7.32. The number of carbonyl (C=O) groups excluding carboxylic acids is 2. The van der Waals surface area contributed by atoms with Crippen LogP contribution >= 0.6 is 0 Å². The maximum Gasteiger partial charge on any atom is 0.340 e. The molecule has 0 heterocycles. The summed E-state index contributed by atoms with van der Waals surface area (Å²) in [5, 5.41) is 2.44. The molecule has 0 radical (unpaired) electrons. The van der Waals surface area contributed by atoms with E-state index in [2.05, 4.69) is 21.4 Å². The van der Waals surface area contributed by atoms with Crippen LogP contribution in [-0.4, -0.2) is 39.1 Å². The highest BCUT2D eigenvalue weighted by atomic mass is 19.3. The van der Waals surface area contributed by atoms with Crippen LogP contribution in [0.15, 0.2) is 23.9 Å². The fourth-order valence-corrected chi connectivity index (χ4v) is 0.853. The molecule has 0 aromatic carbocycles. The summed E-state index contributed by atoms with van der Waals surface area (Å²) < 4.78 is 33.6. The van der Waals surface area contributed by atoms with Crippen molar-refractivity contribution in [3.8, 4) is 0 Å². The highest BCUT2D eigenvalue weighted by Crippen LogP contribution is 2.17. The van der Waals surface area contributed by atoms with Gasteiger partial charge in [0.15, 0.2) is 0 Å². The third-order valence-electron chi connectivity index (χ3n) is 1.62. The molecule has 0 fully saturated rings. The zero-order valence-corrected chi connectivity index (χ0v) is 9.24. The van der Waals surface area contributed by atoms with E-state index in [0.717, 1.165) is 6.20 Å². The van der Waals surface area contributed by atoms with E-state index in [0.29, 0.717) is 0 Å². The lowest BCUT2D eigenvalue weighted by molar-refractivity contribution is -0.143. The minimum atomic E-state index is -2.85. The molecular formula is C10H13F2NO4. The first-order valence-electron chi connectivity index (χ1n) is 4.61. The van der Waals surface area contributed by atoms with Gasteiger partial charge >= 0.3 is 5.97 Å². The second-order valence-corrected chi connectivity index (χ2v) is 2.78. The summed E-state index contributed by atoms with van der Waals surface area (Å²) in [6.45, 7) is 2.93. The molecule has 0 aliphatic heterocycles. The number of hydrogen-bond acceptors (Lipinski definition) is 5. The van der Waals surface area contributed by atoms with Crippen molar-refractivity contribution in [2.75, 3.05) is 20.3 Å². The van der Waals surface area contributed by atoms with Crippen molar-refractivity contribution in [2.24, 2.45) is 0 Å². The first-order chi connectivity index (χ1) is 8.04. The van der Waals surface area contributed by atoms with Crippen LogP contribution in [0.25, 0.3) is 0 Å². The summed E-state index contributed by atoms with van der Waals surface area (Å²) in [6.07, 6.45) is -1.79. The average Bonchev–Trinajstić information content (AvgIpc) is 2.30. The number of carbonyl (C=O) groups is 2. The van der Waals surface area contributed by atoms with Crippen molar-refractivity contribution in [2.45, 2.75) is 6.43 Å². The normalized spacial score (nSPS) is 10.9. The van der Waals surface area contributed by atoms with Crippen molar-refractivity contribution < 1.29 is 27.8 Å². The minimum Gasteiger partial charge on any atom is -0.464 e. The number of alkyl halides is 2. The number of ether oxygens (including phenoxy) is 2. The lowest BCUT2D eigenvalue weighted by Gasteiger charge is -2.09. The molecule has 1 N–H and O–H groups in total. The van der Waals surface area contributed by atoms with Gasteiger partial charge in [0, 0.05) is 18.8 Å². The van der Waals surface area contributed by atoms with Gasteiger partial charge in [0.2, 0.25) is 0 Å². The molecule has 0 saturated heterocycles. The maximum absolute atomic E-state index is 12.4. The fraction of sp³-hybridized carbons (Fsp3) is 0.400. The standard InChI is InChI=1S/C10H13F2NO4/c1-7(9(11)12)8(5-13-2)10(15)17-4-3-16-6-14/h5-6,9,13H,1,3-4H2,2H3/b8-5+. The molecule has 0 aromatic rings. The third kappa shape index (κ3) is 5.64. The van der Waals surface area contributed by atoms with Gasteiger partial charge < -0.3 is 14.8 Å². The monoisotopic (exact) mass is 249 g/mol. The van der Waals surface area contributed by atoms with E-state index < -0.39 is 18.0 Å². The van der Waals surface area contributed by atoms with Gasteiger partial charge in [0.05, 0.1) is 5.57 Å². The summed E-state index contributed by atoms with van der Waals surface area (Å²) in [5.41, 5.74) is -0.991. The smallest absolute Gasteiger partial charge is 0.340 e. The highest BCUT2D eigenvalue weighted by molar-refractivity contribution is 5.93. The fourth-order valence-electron chi connectivity index (χ4n) is 0.853. The zero-order chi connectivity index (χ0) is 13.3. The molecule has 0 spiro atoms. The highest BCUT2D eigenvalue weighted by Gasteiger charge is 2.21. The Morgan fingerprint density at radius 3 is 2.59 bits per heavy atom. The average molecular weight is 249 g/mol. The third-order valence-corrected chi connectivity index (χ3v) is 1.62. The second-order valence-electron chi connectivity index (χ2n) is 2.78. The van der Waals surface area contributed by atoms with E-state index in [9.17, 15) is 18.4 Å². The minimum absolute atomic E-state index is 0.136. The molecule has 0 bridgehead atoms. The predicted octanol–water partition coefficient (Wildman–Crippen LogP) is 0.627. The van der Waals surface area contributed by atoms with Crippen LogP contribution in [0.3, 0.4) is 0 Å². The summed E-state index contributed by atoms with van der Waals surface area (Å²) in [5.74, 6) is -0.959. The van der Waals surface area contributed by atoms with Crippen molar-refractivity contribution in [3.63, 3.8) is 0 Å². The summed E-state index contributed by atoms with van der Waals surface area (Å²) in [6, 6.07) is 0. The molecule has 96 valence electrons. The molecule has 0 unspecified atom stereocenters. The number of nitrogens with one attached hydrogen (secondary N) is 1. The lowest BCUT2D eigenvalue weighted by Crippen LogP contribution is -2.17. The lowest BCUT2D eigenvalue weighted by atomic mass is 10.1. The largest absolute Gasteiger partial charge is 0.464 e.